The number of hydrogen-bond donors (Lipinski definition) is 1. The molecule has 1 heterocycles. The monoisotopic (exact) mass is 394 g/mol. The lowest BCUT2D eigenvalue weighted by Crippen LogP contribution is -2.30. The van der Waals surface area contributed by atoms with Crippen LogP contribution in [-0.2, 0) is 0 Å². The van der Waals surface area contributed by atoms with E-state index in [1.807, 2.05) is 6.07 Å². The van der Waals surface area contributed by atoms with Gasteiger partial charge in [-0.3, -0.25) is 9.59 Å². The lowest BCUT2D eigenvalue weighted by Gasteiger charge is -2.28. The Morgan fingerprint density at radius 2 is 1.68 bits per heavy atom. The van der Waals surface area contributed by atoms with Crippen LogP contribution in [0.2, 0.25) is 0 Å². The minimum atomic E-state index is -1.01. The summed E-state index contributed by atoms with van der Waals surface area (Å²) in [6.45, 7) is 0. The van der Waals surface area contributed by atoms with Crippen LogP contribution >= 0.6 is 15.9 Å². The number of fused-ring (bicyclic) bond motifs is 2. The van der Waals surface area contributed by atoms with Gasteiger partial charge in [-0.05, 0) is 18.2 Å². The quantitative estimate of drug-likeness (QED) is 0.748. The van der Waals surface area contributed by atoms with E-state index in [2.05, 4.69) is 15.9 Å². The number of ether oxygens (including phenoxy) is 1. The molecule has 0 radical (unpaired) electrons. The fraction of sp³-hybridized carbons (Fsp3) is 0.105. The number of Topliss-reactive ketones (excluding diaryl/α,β-unsaturated/α-hetero) is 2. The second-order valence-electron chi connectivity index (χ2n) is 5.90. The molecule has 0 amide bonds. The third-order valence-electron chi connectivity index (χ3n) is 4.58. The maximum absolute atomic E-state index is 12.9. The Morgan fingerprint density at radius 1 is 1.04 bits per heavy atom. The van der Waals surface area contributed by atoms with Crippen LogP contribution in [0.3, 0.4) is 0 Å². The maximum Gasteiger partial charge on any atom is 0.205 e. The number of halogens is 1. The van der Waals surface area contributed by atoms with Gasteiger partial charge in [0.25, 0.3) is 0 Å². The van der Waals surface area contributed by atoms with Crippen molar-refractivity contribution < 1.29 is 14.3 Å². The number of benzene rings is 2. The fourth-order valence-electron chi connectivity index (χ4n) is 3.48. The van der Waals surface area contributed by atoms with Gasteiger partial charge in [-0.1, -0.05) is 40.2 Å². The molecule has 25 heavy (non-hydrogen) atoms. The van der Waals surface area contributed by atoms with E-state index in [-0.39, 0.29) is 23.0 Å². The standard InChI is InChI=1S/C19H11BrN2O3/c20-9-5-6-14-12(7-9)15(13(8-21)19(22)25-14)16-17(23)10-3-1-2-4-11(10)18(16)24/h1-7,15-16H,22H2. The molecule has 4 rings (SSSR count). The normalized spacial score (nSPS) is 19.3. The van der Waals surface area contributed by atoms with Crippen molar-refractivity contribution in [1.82, 2.24) is 0 Å². The highest BCUT2D eigenvalue weighted by molar-refractivity contribution is 9.10. The van der Waals surface area contributed by atoms with Gasteiger partial charge in [-0.25, -0.2) is 0 Å². The van der Waals surface area contributed by atoms with Crippen molar-refractivity contribution in [3.8, 4) is 11.8 Å². The Hall–Kier alpha value is -2.91. The van der Waals surface area contributed by atoms with Crippen molar-refractivity contribution in [3.63, 3.8) is 0 Å². The highest BCUT2D eigenvalue weighted by Crippen LogP contribution is 2.47. The molecule has 1 atom stereocenters. The first-order chi connectivity index (χ1) is 12.0. The molecule has 1 aliphatic heterocycles. The molecule has 0 fully saturated rings. The van der Waals surface area contributed by atoms with Crippen LogP contribution in [-0.4, -0.2) is 11.6 Å². The minimum Gasteiger partial charge on any atom is -0.440 e. The number of carbonyl (C=O) groups is 2. The average Bonchev–Trinajstić information content (AvgIpc) is 2.86. The lowest BCUT2D eigenvalue weighted by molar-refractivity contribution is 0.0822. The maximum atomic E-state index is 12.9. The Bertz CT molecular complexity index is 985. The molecule has 0 aromatic heterocycles. The molecule has 2 aliphatic rings. The van der Waals surface area contributed by atoms with Crippen LogP contribution < -0.4 is 10.5 Å². The number of allylic oxidation sites excluding steroid dienone is 1. The van der Waals surface area contributed by atoms with Crippen LogP contribution in [0.5, 0.6) is 5.75 Å². The summed E-state index contributed by atoms with van der Waals surface area (Å²) in [5.41, 5.74) is 7.37. The van der Waals surface area contributed by atoms with E-state index in [1.54, 1.807) is 42.5 Å². The van der Waals surface area contributed by atoms with Crippen LogP contribution in [0.4, 0.5) is 0 Å². The first kappa shape index (κ1) is 15.6. The van der Waals surface area contributed by atoms with Gasteiger partial charge in [-0.15, -0.1) is 0 Å². The molecule has 0 bridgehead atoms. The third-order valence-corrected chi connectivity index (χ3v) is 5.07. The van der Waals surface area contributed by atoms with Crippen LogP contribution in [0.15, 0.2) is 58.4 Å². The minimum absolute atomic E-state index is 0.0705. The molecule has 2 aromatic rings. The molecule has 1 unspecified atom stereocenters. The zero-order chi connectivity index (χ0) is 17.7. The molecular weight excluding hydrogens is 384 g/mol. The Labute approximate surface area is 151 Å². The van der Waals surface area contributed by atoms with Crippen LogP contribution in [0.25, 0.3) is 0 Å². The van der Waals surface area contributed by atoms with E-state index < -0.39 is 11.8 Å². The predicted octanol–water partition coefficient (Wildman–Crippen LogP) is 3.31. The summed E-state index contributed by atoms with van der Waals surface area (Å²) < 4.78 is 6.28. The van der Waals surface area contributed by atoms with E-state index in [9.17, 15) is 14.9 Å². The van der Waals surface area contributed by atoms with Crippen molar-refractivity contribution in [3.05, 3.63) is 75.1 Å². The van der Waals surface area contributed by atoms with E-state index in [0.29, 0.717) is 22.4 Å². The summed E-state index contributed by atoms with van der Waals surface area (Å²) in [5.74, 6) is -1.99. The first-order valence-corrected chi connectivity index (χ1v) is 8.36. The number of nitriles is 1. The van der Waals surface area contributed by atoms with E-state index in [4.69, 9.17) is 10.5 Å². The van der Waals surface area contributed by atoms with Gasteiger partial charge in [0.05, 0.1) is 11.5 Å². The van der Waals surface area contributed by atoms with E-state index >= 15 is 0 Å². The molecule has 6 heteroatoms. The number of nitrogens with zero attached hydrogens (tertiary/aromatic N) is 1. The summed E-state index contributed by atoms with van der Waals surface area (Å²) in [4.78, 5) is 25.8. The van der Waals surface area contributed by atoms with Crippen molar-refractivity contribution >= 4 is 27.5 Å². The van der Waals surface area contributed by atoms with Crippen LogP contribution in [0.1, 0.15) is 32.2 Å². The zero-order valence-corrected chi connectivity index (χ0v) is 14.4. The van der Waals surface area contributed by atoms with Gasteiger partial charge < -0.3 is 10.5 Å². The van der Waals surface area contributed by atoms with E-state index in [0.717, 1.165) is 4.47 Å². The summed E-state index contributed by atoms with van der Waals surface area (Å²) in [7, 11) is 0. The molecule has 0 saturated heterocycles. The molecule has 1 aliphatic carbocycles. The lowest BCUT2D eigenvalue weighted by atomic mass is 9.77. The Morgan fingerprint density at radius 3 is 2.28 bits per heavy atom. The highest BCUT2D eigenvalue weighted by atomic mass is 79.9. The third kappa shape index (κ3) is 2.20. The fourth-order valence-corrected chi connectivity index (χ4v) is 3.86. The van der Waals surface area contributed by atoms with Crippen molar-refractivity contribution in [1.29, 1.82) is 5.26 Å². The number of ketones is 2. The summed E-state index contributed by atoms with van der Waals surface area (Å²) in [6, 6.07) is 14.0. The molecule has 5 nitrogen and oxygen atoms in total. The summed E-state index contributed by atoms with van der Waals surface area (Å²) in [5, 5.41) is 9.57. The van der Waals surface area contributed by atoms with Crippen molar-refractivity contribution in [2.45, 2.75) is 5.92 Å². The summed E-state index contributed by atoms with van der Waals surface area (Å²) in [6.07, 6.45) is 0. The van der Waals surface area contributed by atoms with Gasteiger partial charge in [-0.2, -0.15) is 5.26 Å². The van der Waals surface area contributed by atoms with Crippen molar-refractivity contribution in [2.24, 2.45) is 11.7 Å². The molecule has 0 spiro atoms. The second kappa shape index (κ2) is 5.57. The van der Waals surface area contributed by atoms with Crippen LogP contribution in [0, 0.1) is 17.2 Å². The van der Waals surface area contributed by atoms with Gasteiger partial charge >= 0.3 is 0 Å². The summed E-state index contributed by atoms with van der Waals surface area (Å²) >= 11 is 3.39. The number of rotatable bonds is 1. The highest BCUT2D eigenvalue weighted by Gasteiger charge is 2.48. The van der Waals surface area contributed by atoms with Gasteiger partial charge in [0, 0.05) is 27.1 Å². The molecule has 2 aromatic carbocycles. The van der Waals surface area contributed by atoms with E-state index in [1.165, 1.54) is 0 Å². The smallest absolute Gasteiger partial charge is 0.205 e. The molecule has 122 valence electrons. The average molecular weight is 395 g/mol. The Kier molecular flexibility index (Phi) is 3.48. The molecule has 2 N–H and O–H groups in total. The van der Waals surface area contributed by atoms with Gasteiger partial charge in [0.15, 0.2) is 11.6 Å². The largest absolute Gasteiger partial charge is 0.440 e. The number of nitrogens with two attached hydrogens (primary N) is 1. The van der Waals surface area contributed by atoms with Gasteiger partial charge in [0.1, 0.15) is 11.8 Å². The topological polar surface area (TPSA) is 93.2 Å². The number of hydrogen-bond acceptors (Lipinski definition) is 5. The predicted molar refractivity (Wildman–Crippen MR) is 92.9 cm³/mol. The number of carbonyl (C=O) groups excluding carboxylic acids is 2. The SMILES string of the molecule is N#CC1=C(N)Oc2ccc(Br)cc2C1C1C(=O)c2ccccc2C1=O. The molecular formula is C19H11BrN2O3. The zero-order valence-electron chi connectivity index (χ0n) is 12.8. The van der Waals surface area contributed by atoms with Crippen molar-refractivity contribution in [2.75, 3.05) is 0 Å². The first-order valence-electron chi connectivity index (χ1n) is 7.57. The second-order valence-corrected chi connectivity index (χ2v) is 6.82. The molecule has 0 saturated carbocycles. The van der Waals surface area contributed by atoms with Gasteiger partial charge in [0.2, 0.25) is 5.88 Å². The Balaban J connectivity index is 1.93.